The van der Waals surface area contributed by atoms with Crippen LogP contribution in [0.4, 0.5) is 5.69 Å². The molecule has 0 saturated carbocycles. The van der Waals surface area contributed by atoms with Gasteiger partial charge in [-0.15, -0.1) is 0 Å². The number of aryl methyl sites for hydroxylation is 4. The van der Waals surface area contributed by atoms with Crippen molar-refractivity contribution >= 4 is 17.7 Å². The highest BCUT2D eigenvalue weighted by molar-refractivity contribution is 6.09. The van der Waals surface area contributed by atoms with Gasteiger partial charge in [-0.3, -0.25) is 4.79 Å². The van der Waals surface area contributed by atoms with Gasteiger partial charge in [0.2, 0.25) is 0 Å². The van der Waals surface area contributed by atoms with Crippen LogP contribution in [0.15, 0.2) is 42.0 Å². The fourth-order valence-electron chi connectivity index (χ4n) is 2.55. The molecular formula is C20H20N2O. The number of benzene rings is 2. The van der Waals surface area contributed by atoms with Gasteiger partial charge < -0.3 is 5.32 Å². The Morgan fingerprint density at radius 1 is 1.00 bits per heavy atom. The molecular weight excluding hydrogens is 284 g/mol. The second-order valence-corrected chi connectivity index (χ2v) is 5.80. The maximum absolute atomic E-state index is 12.3. The van der Waals surface area contributed by atoms with Gasteiger partial charge in [-0.2, -0.15) is 5.26 Å². The molecule has 0 radical (unpaired) electrons. The normalized spacial score (nSPS) is 11.0. The van der Waals surface area contributed by atoms with E-state index in [2.05, 4.69) is 5.32 Å². The monoisotopic (exact) mass is 304 g/mol. The van der Waals surface area contributed by atoms with E-state index in [0.29, 0.717) is 5.69 Å². The van der Waals surface area contributed by atoms with Crippen molar-refractivity contribution < 1.29 is 4.79 Å². The molecule has 23 heavy (non-hydrogen) atoms. The van der Waals surface area contributed by atoms with Crippen LogP contribution in [-0.2, 0) is 4.79 Å². The number of carbonyl (C=O) groups excluding carboxylic acids is 1. The second-order valence-electron chi connectivity index (χ2n) is 5.80. The van der Waals surface area contributed by atoms with Gasteiger partial charge in [0.25, 0.3) is 5.91 Å². The van der Waals surface area contributed by atoms with Crippen molar-refractivity contribution in [2.75, 3.05) is 5.32 Å². The zero-order valence-corrected chi connectivity index (χ0v) is 13.9. The Kier molecular flexibility index (Phi) is 4.98. The number of nitrogens with zero attached hydrogens (tertiary/aromatic N) is 1. The molecule has 0 aromatic heterocycles. The summed E-state index contributed by atoms with van der Waals surface area (Å²) >= 11 is 0. The molecule has 0 unspecified atom stereocenters. The maximum atomic E-state index is 12.3. The fraction of sp³-hybridized carbons (Fsp3) is 0.200. The third-order valence-corrected chi connectivity index (χ3v) is 3.70. The van der Waals surface area contributed by atoms with Crippen LogP contribution >= 0.6 is 0 Å². The highest BCUT2D eigenvalue weighted by atomic mass is 16.1. The first-order chi connectivity index (χ1) is 10.9. The predicted molar refractivity (Wildman–Crippen MR) is 94.1 cm³/mol. The van der Waals surface area contributed by atoms with Gasteiger partial charge in [0, 0.05) is 5.69 Å². The number of anilines is 1. The molecule has 3 heteroatoms. The number of rotatable bonds is 3. The number of amides is 1. The largest absolute Gasteiger partial charge is 0.321 e. The van der Waals surface area contributed by atoms with E-state index < -0.39 is 5.91 Å². The third-order valence-electron chi connectivity index (χ3n) is 3.70. The highest BCUT2D eigenvalue weighted by Crippen LogP contribution is 2.20. The van der Waals surface area contributed by atoms with Crippen molar-refractivity contribution in [3.63, 3.8) is 0 Å². The Hall–Kier alpha value is -2.86. The lowest BCUT2D eigenvalue weighted by atomic mass is 9.98. The van der Waals surface area contributed by atoms with Crippen LogP contribution in [0.2, 0.25) is 0 Å². The van der Waals surface area contributed by atoms with E-state index in [-0.39, 0.29) is 5.57 Å². The Bertz CT molecular complexity index is 786. The number of carbonyl (C=O) groups is 1. The standard InChI is InChI=1S/C20H20N2O/c1-13-5-7-18(8-6-13)22-20(23)17(12-21)11-19-15(3)9-14(2)10-16(19)4/h5-11H,1-4H3,(H,22,23)/b17-11-. The fourth-order valence-corrected chi connectivity index (χ4v) is 2.55. The minimum Gasteiger partial charge on any atom is -0.321 e. The first-order valence-corrected chi connectivity index (χ1v) is 7.48. The van der Waals surface area contributed by atoms with E-state index in [4.69, 9.17) is 0 Å². The molecule has 2 aromatic carbocycles. The molecule has 2 rings (SSSR count). The summed E-state index contributed by atoms with van der Waals surface area (Å²) in [5, 5.41) is 12.1. The number of nitriles is 1. The first kappa shape index (κ1) is 16.5. The molecule has 1 amide bonds. The lowest BCUT2D eigenvalue weighted by Gasteiger charge is -2.09. The van der Waals surface area contributed by atoms with Crippen molar-refractivity contribution in [1.29, 1.82) is 5.26 Å². The molecule has 0 fully saturated rings. The Morgan fingerprint density at radius 2 is 1.57 bits per heavy atom. The molecule has 0 atom stereocenters. The molecule has 0 aliphatic rings. The van der Waals surface area contributed by atoms with Crippen LogP contribution in [0.1, 0.15) is 27.8 Å². The van der Waals surface area contributed by atoms with E-state index >= 15 is 0 Å². The Balaban J connectivity index is 2.30. The molecule has 0 aliphatic carbocycles. The third kappa shape index (κ3) is 4.08. The lowest BCUT2D eigenvalue weighted by molar-refractivity contribution is -0.112. The molecule has 0 heterocycles. The molecule has 3 nitrogen and oxygen atoms in total. The molecule has 0 bridgehead atoms. The molecule has 0 aliphatic heterocycles. The van der Waals surface area contributed by atoms with Crippen LogP contribution < -0.4 is 5.32 Å². The molecule has 116 valence electrons. The van der Waals surface area contributed by atoms with Gasteiger partial charge in [0.15, 0.2) is 0 Å². The van der Waals surface area contributed by atoms with Crippen LogP contribution in [0.5, 0.6) is 0 Å². The molecule has 0 saturated heterocycles. The van der Waals surface area contributed by atoms with Gasteiger partial charge in [-0.05, 0) is 62.6 Å². The zero-order chi connectivity index (χ0) is 17.0. The quantitative estimate of drug-likeness (QED) is 0.672. The van der Waals surface area contributed by atoms with Gasteiger partial charge >= 0.3 is 0 Å². The molecule has 2 aromatic rings. The van der Waals surface area contributed by atoms with E-state index in [9.17, 15) is 10.1 Å². The molecule has 1 N–H and O–H groups in total. The van der Waals surface area contributed by atoms with Gasteiger partial charge in [-0.25, -0.2) is 0 Å². The average Bonchev–Trinajstić information content (AvgIpc) is 2.49. The second kappa shape index (κ2) is 6.93. The van der Waals surface area contributed by atoms with Crippen molar-refractivity contribution in [1.82, 2.24) is 0 Å². The van der Waals surface area contributed by atoms with Crippen LogP contribution in [-0.4, -0.2) is 5.91 Å². The predicted octanol–water partition coefficient (Wildman–Crippen LogP) is 4.47. The lowest BCUT2D eigenvalue weighted by Crippen LogP contribution is -2.13. The van der Waals surface area contributed by atoms with Crippen molar-refractivity contribution in [3.05, 3.63) is 69.8 Å². The Labute approximate surface area is 137 Å². The summed E-state index contributed by atoms with van der Waals surface area (Å²) in [6.07, 6.45) is 1.66. The van der Waals surface area contributed by atoms with Crippen molar-refractivity contribution in [3.8, 4) is 6.07 Å². The summed E-state index contributed by atoms with van der Waals surface area (Å²) in [6, 6.07) is 13.6. The Morgan fingerprint density at radius 3 is 2.09 bits per heavy atom. The van der Waals surface area contributed by atoms with E-state index in [1.165, 1.54) is 5.56 Å². The first-order valence-electron chi connectivity index (χ1n) is 7.48. The van der Waals surface area contributed by atoms with Crippen molar-refractivity contribution in [2.45, 2.75) is 27.7 Å². The van der Waals surface area contributed by atoms with E-state index in [1.807, 2.05) is 70.2 Å². The number of nitrogens with one attached hydrogen (secondary N) is 1. The van der Waals surface area contributed by atoms with E-state index in [1.54, 1.807) is 6.08 Å². The molecule has 0 spiro atoms. The summed E-state index contributed by atoms with van der Waals surface area (Å²) < 4.78 is 0. The van der Waals surface area contributed by atoms with Crippen LogP contribution in [0, 0.1) is 39.0 Å². The summed E-state index contributed by atoms with van der Waals surface area (Å²) in [6.45, 7) is 7.98. The summed E-state index contributed by atoms with van der Waals surface area (Å²) in [4.78, 5) is 12.3. The van der Waals surface area contributed by atoms with Gasteiger partial charge in [0.05, 0.1) is 0 Å². The van der Waals surface area contributed by atoms with Crippen molar-refractivity contribution in [2.24, 2.45) is 0 Å². The average molecular weight is 304 g/mol. The van der Waals surface area contributed by atoms with E-state index in [0.717, 1.165) is 22.3 Å². The minimum atomic E-state index is -0.393. The van der Waals surface area contributed by atoms with Gasteiger partial charge in [-0.1, -0.05) is 35.4 Å². The number of hydrogen-bond donors (Lipinski definition) is 1. The van der Waals surface area contributed by atoms with Crippen LogP contribution in [0.3, 0.4) is 0 Å². The smallest absolute Gasteiger partial charge is 0.266 e. The highest BCUT2D eigenvalue weighted by Gasteiger charge is 2.11. The SMILES string of the molecule is Cc1ccc(NC(=O)/C(C#N)=C\c2c(C)cc(C)cc2C)cc1. The maximum Gasteiger partial charge on any atom is 0.266 e. The summed E-state index contributed by atoms with van der Waals surface area (Å²) in [5.74, 6) is -0.393. The summed E-state index contributed by atoms with van der Waals surface area (Å²) in [7, 11) is 0. The van der Waals surface area contributed by atoms with Gasteiger partial charge in [0.1, 0.15) is 11.6 Å². The zero-order valence-electron chi connectivity index (χ0n) is 13.9. The minimum absolute atomic E-state index is 0.0978. The number of hydrogen-bond acceptors (Lipinski definition) is 2. The topological polar surface area (TPSA) is 52.9 Å². The summed E-state index contributed by atoms with van der Waals surface area (Å²) in [5.41, 5.74) is 6.09. The van der Waals surface area contributed by atoms with Crippen LogP contribution in [0.25, 0.3) is 6.08 Å².